The van der Waals surface area contributed by atoms with E-state index in [9.17, 15) is 17.6 Å². The number of anilines is 1. The molecular weight excluding hydrogens is 581 g/mol. The van der Waals surface area contributed by atoms with Crippen LogP contribution in [0.5, 0.6) is 0 Å². The normalized spacial score (nSPS) is 12.5. The first kappa shape index (κ1) is 29.1. The maximum absolute atomic E-state index is 14.7. The third kappa shape index (κ3) is 5.81. The van der Waals surface area contributed by atoms with Crippen molar-refractivity contribution in [3.63, 3.8) is 0 Å². The van der Waals surface area contributed by atoms with Crippen LogP contribution in [0.2, 0.25) is 0 Å². The number of benzene rings is 2. The molecule has 0 aliphatic carbocycles. The topological polar surface area (TPSA) is 160 Å². The van der Waals surface area contributed by atoms with Gasteiger partial charge in [-0.2, -0.15) is 5.10 Å². The maximum Gasteiger partial charge on any atom is 0.224 e. The molecule has 0 aliphatic rings. The molecule has 0 bridgehead atoms. The van der Waals surface area contributed by atoms with Crippen LogP contribution in [0.25, 0.3) is 55.6 Å². The molecule has 0 saturated heterocycles. The summed E-state index contributed by atoms with van der Waals surface area (Å²) < 4.78 is 38.8. The van der Waals surface area contributed by atoms with Crippen molar-refractivity contribution >= 4 is 43.4 Å². The summed E-state index contributed by atoms with van der Waals surface area (Å²) >= 11 is 0. The van der Waals surface area contributed by atoms with E-state index < -0.39 is 21.0 Å². The third-order valence-electron chi connectivity index (χ3n) is 7.48. The Labute approximate surface area is 252 Å². The summed E-state index contributed by atoms with van der Waals surface area (Å²) in [6, 6.07) is 15.5. The van der Waals surface area contributed by atoms with Gasteiger partial charge < -0.3 is 16.0 Å². The van der Waals surface area contributed by atoms with Crippen LogP contribution in [0.3, 0.4) is 0 Å². The van der Waals surface area contributed by atoms with Crippen molar-refractivity contribution in [2.24, 2.45) is 5.73 Å². The van der Waals surface area contributed by atoms with E-state index in [1.54, 1.807) is 30.7 Å². The van der Waals surface area contributed by atoms with Gasteiger partial charge >= 0.3 is 0 Å². The highest BCUT2D eigenvalue weighted by atomic mass is 32.2. The number of carbonyl (C=O) groups excluding carboxylic acids is 1. The summed E-state index contributed by atoms with van der Waals surface area (Å²) in [6.45, 7) is 2.04. The van der Waals surface area contributed by atoms with Gasteiger partial charge in [-0.05, 0) is 77.2 Å². The van der Waals surface area contributed by atoms with Gasteiger partial charge in [-0.25, -0.2) is 17.8 Å². The number of carbonyl (C=O) groups is 1. The van der Waals surface area contributed by atoms with E-state index in [1.807, 2.05) is 37.3 Å². The molecule has 44 heavy (non-hydrogen) atoms. The van der Waals surface area contributed by atoms with Gasteiger partial charge in [-0.3, -0.25) is 14.9 Å². The SMILES string of the molecule is CCCCC(=O)Nc1cncc(-c2ccc3[nH]nc(-c4cc5c(-c6cc(F)cc(C(N)S(C)(=O)=O)c6)ccnc5[nH]4)c3c2)c1. The second kappa shape index (κ2) is 11.6. The molecule has 0 saturated carbocycles. The number of nitrogens with two attached hydrogens (primary N) is 1. The summed E-state index contributed by atoms with van der Waals surface area (Å²) in [5.74, 6) is -0.639. The number of aromatic amines is 2. The molecule has 1 amide bonds. The zero-order valence-electron chi connectivity index (χ0n) is 24.1. The molecule has 5 N–H and O–H groups in total. The third-order valence-corrected chi connectivity index (χ3v) is 8.68. The van der Waals surface area contributed by atoms with Crippen LogP contribution in [0.1, 0.15) is 37.1 Å². The Bertz CT molecular complexity index is 2140. The Kier molecular flexibility index (Phi) is 7.70. The highest BCUT2D eigenvalue weighted by Crippen LogP contribution is 2.36. The van der Waals surface area contributed by atoms with Gasteiger partial charge in [0, 0.05) is 41.4 Å². The minimum Gasteiger partial charge on any atom is -0.338 e. The van der Waals surface area contributed by atoms with Crippen molar-refractivity contribution in [1.29, 1.82) is 0 Å². The number of fused-ring (bicyclic) bond motifs is 2. The van der Waals surface area contributed by atoms with Gasteiger partial charge in [-0.15, -0.1) is 0 Å². The number of nitrogens with zero attached hydrogens (tertiary/aromatic N) is 3. The maximum atomic E-state index is 14.7. The van der Waals surface area contributed by atoms with Crippen LogP contribution in [-0.2, 0) is 14.6 Å². The molecule has 4 aromatic heterocycles. The van der Waals surface area contributed by atoms with E-state index in [2.05, 4.69) is 30.5 Å². The minimum atomic E-state index is -3.64. The number of halogens is 1. The van der Waals surface area contributed by atoms with E-state index in [-0.39, 0.29) is 11.5 Å². The van der Waals surface area contributed by atoms with Crippen LogP contribution in [0, 0.1) is 5.82 Å². The van der Waals surface area contributed by atoms with E-state index in [4.69, 9.17) is 5.73 Å². The largest absolute Gasteiger partial charge is 0.338 e. The van der Waals surface area contributed by atoms with E-state index in [1.165, 1.54) is 6.07 Å². The number of H-pyrrole nitrogens is 2. The molecule has 0 radical (unpaired) electrons. The molecule has 0 fully saturated rings. The van der Waals surface area contributed by atoms with E-state index >= 15 is 0 Å². The van der Waals surface area contributed by atoms with Crippen molar-refractivity contribution in [3.05, 3.63) is 84.6 Å². The molecule has 4 heterocycles. The first-order valence-corrected chi connectivity index (χ1v) is 16.0. The highest BCUT2D eigenvalue weighted by Gasteiger charge is 2.21. The first-order valence-electron chi connectivity index (χ1n) is 14.1. The summed E-state index contributed by atoms with van der Waals surface area (Å²) in [4.78, 5) is 24.3. The molecule has 224 valence electrons. The van der Waals surface area contributed by atoms with Gasteiger partial charge in [0.15, 0.2) is 9.84 Å². The van der Waals surface area contributed by atoms with Gasteiger partial charge in [0.2, 0.25) is 5.91 Å². The average Bonchev–Trinajstić information content (AvgIpc) is 3.62. The lowest BCUT2D eigenvalue weighted by molar-refractivity contribution is -0.116. The molecular formula is C32H30FN7O3S. The van der Waals surface area contributed by atoms with Crippen LogP contribution in [0.15, 0.2) is 73.2 Å². The van der Waals surface area contributed by atoms with E-state index in [0.29, 0.717) is 45.7 Å². The summed E-state index contributed by atoms with van der Waals surface area (Å²) in [5, 5.41) is 10.7. The molecule has 6 rings (SSSR count). The fraction of sp³-hybridized carbons (Fsp3) is 0.188. The van der Waals surface area contributed by atoms with Crippen molar-refractivity contribution in [2.75, 3.05) is 11.6 Å². The van der Waals surface area contributed by atoms with Gasteiger partial charge in [0.25, 0.3) is 0 Å². The number of rotatable bonds is 9. The molecule has 1 atom stereocenters. The number of sulfone groups is 1. The molecule has 0 aliphatic heterocycles. The Morgan fingerprint density at radius 1 is 1.02 bits per heavy atom. The predicted molar refractivity (Wildman–Crippen MR) is 170 cm³/mol. The second-order valence-corrected chi connectivity index (χ2v) is 12.9. The Morgan fingerprint density at radius 2 is 1.86 bits per heavy atom. The number of hydrogen-bond donors (Lipinski definition) is 4. The van der Waals surface area contributed by atoms with Gasteiger partial charge in [-0.1, -0.05) is 19.4 Å². The second-order valence-electron chi connectivity index (χ2n) is 10.8. The first-order chi connectivity index (χ1) is 21.1. The fourth-order valence-corrected chi connectivity index (χ4v) is 5.84. The Balaban J connectivity index is 1.38. The van der Waals surface area contributed by atoms with Crippen molar-refractivity contribution in [2.45, 2.75) is 31.6 Å². The smallest absolute Gasteiger partial charge is 0.224 e. The Morgan fingerprint density at radius 3 is 2.66 bits per heavy atom. The summed E-state index contributed by atoms with van der Waals surface area (Å²) in [5.41, 5.74) is 12.3. The molecule has 1 unspecified atom stereocenters. The quantitative estimate of drug-likeness (QED) is 0.154. The number of nitrogens with one attached hydrogen (secondary N) is 3. The Hall–Kier alpha value is -4.94. The standard InChI is InChI=1S/C32H30FN7O3S/c1-3-4-5-29(41)37-23-13-21(16-35-17-23)18-6-7-27-26(14-18)30(40-39-27)28-15-25-24(8-9-36-32(25)38-28)19-10-20(12-22(33)11-19)31(34)44(2,42)43/h6-17,31H,3-5,34H2,1-2H3,(H,36,38)(H,37,41)(H,39,40). The van der Waals surface area contributed by atoms with Crippen LogP contribution in [-0.4, -0.2) is 45.7 Å². The lowest BCUT2D eigenvalue weighted by Crippen LogP contribution is -2.20. The number of hydrogen-bond acceptors (Lipinski definition) is 7. The molecule has 6 aromatic rings. The molecule has 10 nitrogen and oxygen atoms in total. The van der Waals surface area contributed by atoms with Crippen LogP contribution in [0.4, 0.5) is 10.1 Å². The molecule has 12 heteroatoms. The van der Waals surface area contributed by atoms with Crippen molar-refractivity contribution in [1.82, 2.24) is 25.1 Å². The van der Waals surface area contributed by atoms with Gasteiger partial charge in [0.1, 0.15) is 22.5 Å². The number of unbranched alkanes of at least 4 members (excludes halogenated alkanes) is 1. The zero-order chi connectivity index (χ0) is 31.0. The van der Waals surface area contributed by atoms with Gasteiger partial charge in [0.05, 0.1) is 23.1 Å². The average molecular weight is 612 g/mol. The van der Waals surface area contributed by atoms with Crippen LogP contribution < -0.4 is 11.1 Å². The molecule has 2 aromatic carbocycles. The molecule has 0 spiro atoms. The lowest BCUT2D eigenvalue weighted by atomic mass is 10.0. The van der Waals surface area contributed by atoms with Crippen molar-refractivity contribution in [3.8, 4) is 33.6 Å². The lowest BCUT2D eigenvalue weighted by Gasteiger charge is -2.12. The fourth-order valence-electron chi connectivity index (χ4n) is 5.21. The minimum absolute atomic E-state index is 0.0436. The number of aromatic nitrogens is 5. The number of pyridine rings is 2. The predicted octanol–water partition coefficient (Wildman–Crippen LogP) is 6.10. The van der Waals surface area contributed by atoms with E-state index in [0.717, 1.165) is 47.2 Å². The van der Waals surface area contributed by atoms with Crippen molar-refractivity contribution < 1.29 is 17.6 Å². The highest BCUT2D eigenvalue weighted by molar-refractivity contribution is 7.90. The monoisotopic (exact) mass is 611 g/mol. The summed E-state index contributed by atoms with van der Waals surface area (Å²) in [7, 11) is -3.64. The zero-order valence-corrected chi connectivity index (χ0v) is 24.9. The summed E-state index contributed by atoms with van der Waals surface area (Å²) in [6.07, 6.45) is 8.21. The number of amides is 1. The van der Waals surface area contributed by atoms with Crippen LogP contribution >= 0.6 is 0 Å².